The zero-order valence-electron chi connectivity index (χ0n) is 9.83. The van der Waals surface area contributed by atoms with Gasteiger partial charge in [0.25, 0.3) is 0 Å². The number of rotatable bonds is 3. The second kappa shape index (κ2) is 6.02. The highest BCUT2D eigenvalue weighted by Crippen LogP contribution is 2.23. The lowest BCUT2D eigenvalue weighted by atomic mass is 10.1. The fraction of sp³-hybridized carbons (Fsp3) is 0.462. The summed E-state index contributed by atoms with van der Waals surface area (Å²) in [7, 11) is 0. The molecule has 0 spiro atoms. The molecule has 2 rings (SSSR count). The van der Waals surface area contributed by atoms with E-state index in [0.717, 1.165) is 24.8 Å². The number of nitrogens with zero attached hydrogens (tertiary/aromatic N) is 1. The molecule has 1 aromatic carbocycles. The molecular formula is C13H14BrClFNO. The number of halogens is 3. The van der Waals surface area contributed by atoms with Gasteiger partial charge in [0.2, 0.25) is 5.91 Å². The first-order valence-electron chi connectivity index (χ1n) is 5.88. The van der Waals surface area contributed by atoms with Crippen LogP contribution in [0.1, 0.15) is 12.0 Å². The van der Waals surface area contributed by atoms with Gasteiger partial charge in [-0.3, -0.25) is 4.79 Å². The predicted molar refractivity (Wildman–Crippen MR) is 73.6 cm³/mol. The Labute approximate surface area is 119 Å². The van der Waals surface area contributed by atoms with Gasteiger partial charge in [-0.05, 0) is 24.5 Å². The summed E-state index contributed by atoms with van der Waals surface area (Å²) in [5.41, 5.74) is 0.298. The van der Waals surface area contributed by atoms with Crippen LogP contribution in [-0.2, 0) is 11.2 Å². The summed E-state index contributed by atoms with van der Waals surface area (Å²) >= 11 is 9.34. The topological polar surface area (TPSA) is 20.3 Å². The number of carbonyl (C=O) groups is 1. The Morgan fingerprint density at radius 3 is 2.94 bits per heavy atom. The highest BCUT2D eigenvalue weighted by atomic mass is 79.9. The van der Waals surface area contributed by atoms with E-state index < -0.39 is 5.82 Å². The molecule has 0 saturated carbocycles. The minimum absolute atomic E-state index is 0.0422. The Kier molecular flexibility index (Phi) is 4.62. The lowest BCUT2D eigenvalue weighted by Crippen LogP contribution is -2.30. The number of amides is 1. The molecule has 1 heterocycles. The standard InChI is InChI=1S/C13H14BrClFNO/c14-7-9-4-5-17(8-9)13(18)6-10-11(15)2-1-3-12(10)16/h1-3,9H,4-8H2. The third-order valence-corrected chi connectivity index (χ3v) is 4.52. The molecule has 1 aromatic rings. The Hall–Kier alpha value is -0.610. The molecule has 0 aliphatic carbocycles. The van der Waals surface area contributed by atoms with Gasteiger partial charge in [-0.1, -0.05) is 33.6 Å². The molecule has 1 unspecified atom stereocenters. The monoisotopic (exact) mass is 333 g/mol. The average molecular weight is 335 g/mol. The molecule has 0 radical (unpaired) electrons. The van der Waals surface area contributed by atoms with Gasteiger partial charge in [0, 0.05) is 29.0 Å². The smallest absolute Gasteiger partial charge is 0.227 e. The lowest BCUT2D eigenvalue weighted by Gasteiger charge is -2.16. The fourth-order valence-electron chi connectivity index (χ4n) is 2.15. The average Bonchev–Trinajstić information content (AvgIpc) is 2.82. The van der Waals surface area contributed by atoms with Crippen LogP contribution in [0.4, 0.5) is 4.39 Å². The van der Waals surface area contributed by atoms with E-state index in [1.54, 1.807) is 17.0 Å². The summed E-state index contributed by atoms with van der Waals surface area (Å²) in [6, 6.07) is 4.49. The molecule has 18 heavy (non-hydrogen) atoms. The Morgan fingerprint density at radius 2 is 2.33 bits per heavy atom. The van der Waals surface area contributed by atoms with Gasteiger partial charge in [0.05, 0.1) is 6.42 Å². The molecule has 1 amide bonds. The molecule has 1 saturated heterocycles. The van der Waals surface area contributed by atoms with Gasteiger partial charge < -0.3 is 4.90 Å². The Bertz CT molecular complexity index is 434. The van der Waals surface area contributed by atoms with E-state index in [1.807, 2.05) is 0 Å². The van der Waals surface area contributed by atoms with Crippen molar-refractivity contribution in [3.63, 3.8) is 0 Å². The van der Waals surface area contributed by atoms with Crippen molar-refractivity contribution in [2.45, 2.75) is 12.8 Å². The van der Waals surface area contributed by atoms with Crippen molar-refractivity contribution in [1.29, 1.82) is 0 Å². The second-order valence-corrected chi connectivity index (χ2v) is 5.58. The van der Waals surface area contributed by atoms with Crippen LogP contribution in [0.2, 0.25) is 5.02 Å². The summed E-state index contributed by atoms with van der Waals surface area (Å²) < 4.78 is 13.6. The normalized spacial score (nSPS) is 19.3. The van der Waals surface area contributed by atoms with E-state index in [-0.39, 0.29) is 12.3 Å². The number of likely N-dealkylation sites (tertiary alicyclic amines) is 1. The first kappa shape index (κ1) is 13.8. The van der Waals surface area contributed by atoms with Crippen LogP contribution >= 0.6 is 27.5 Å². The Morgan fingerprint density at radius 1 is 1.56 bits per heavy atom. The molecule has 1 fully saturated rings. The highest BCUT2D eigenvalue weighted by Gasteiger charge is 2.26. The van der Waals surface area contributed by atoms with Crippen LogP contribution in [-0.4, -0.2) is 29.2 Å². The van der Waals surface area contributed by atoms with E-state index in [9.17, 15) is 9.18 Å². The number of carbonyl (C=O) groups excluding carboxylic acids is 1. The van der Waals surface area contributed by atoms with E-state index in [0.29, 0.717) is 16.5 Å². The molecule has 5 heteroatoms. The first-order valence-corrected chi connectivity index (χ1v) is 7.38. The molecule has 0 N–H and O–H groups in total. The van der Waals surface area contributed by atoms with Crippen LogP contribution < -0.4 is 0 Å². The minimum atomic E-state index is -0.410. The van der Waals surface area contributed by atoms with Crippen LogP contribution in [0, 0.1) is 11.7 Å². The van der Waals surface area contributed by atoms with Crippen LogP contribution in [0.15, 0.2) is 18.2 Å². The van der Waals surface area contributed by atoms with Gasteiger partial charge in [-0.15, -0.1) is 0 Å². The predicted octanol–water partition coefficient (Wildman–Crippen LogP) is 3.27. The maximum Gasteiger partial charge on any atom is 0.227 e. The van der Waals surface area contributed by atoms with Crippen LogP contribution in [0.3, 0.4) is 0 Å². The van der Waals surface area contributed by atoms with E-state index in [1.165, 1.54) is 6.07 Å². The molecular weight excluding hydrogens is 321 g/mol. The van der Waals surface area contributed by atoms with Crippen molar-refractivity contribution in [3.05, 3.63) is 34.6 Å². The second-order valence-electron chi connectivity index (χ2n) is 4.53. The zero-order chi connectivity index (χ0) is 13.1. The quantitative estimate of drug-likeness (QED) is 0.777. The van der Waals surface area contributed by atoms with Crippen molar-refractivity contribution in [2.24, 2.45) is 5.92 Å². The highest BCUT2D eigenvalue weighted by molar-refractivity contribution is 9.09. The van der Waals surface area contributed by atoms with E-state index in [2.05, 4.69) is 15.9 Å². The summed E-state index contributed by atoms with van der Waals surface area (Å²) in [6.45, 7) is 1.50. The van der Waals surface area contributed by atoms with Crippen LogP contribution in [0.25, 0.3) is 0 Å². The van der Waals surface area contributed by atoms with Gasteiger partial charge in [0.15, 0.2) is 0 Å². The van der Waals surface area contributed by atoms with E-state index >= 15 is 0 Å². The van der Waals surface area contributed by atoms with Gasteiger partial charge in [-0.25, -0.2) is 4.39 Å². The summed E-state index contributed by atoms with van der Waals surface area (Å²) in [5, 5.41) is 1.22. The van der Waals surface area contributed by atoms with Crippen molar-refractivity contribution in [3.8, 4) is 0 Å². The number of benzene rings is 1. The number of hydrogen-bond acceptors (Lipinski definition) is 1. The zero-order valence-corrected chi connectivity index (χ0v) is 12.2. The van der Waals surface area contributed by atoms with Crippen molar-refractivity contribution in [1.82, 2.24) is 4.90 Å². The molecule has 2 nitrogen and oxygen atoms in total. The SMILES string of the molecule is O=C(Cc1c(F)cccc1Cl)N1CCC(CBr)C1. The maximum atomic E-state index is 13.6. The third kappa shape index (κ3) is 3.04. The molecule has 0 bridgehead atoms. The summed E-state index contributed by atoms with van der Waals surface area (Å²) in [5.74, 6) is 0.0441. The molecule has 1 aliphatic rings. The van der Waals surface area contributed by atoms with Gasteiger partial charge in [0.1, 0.15) is 5.82 Å². The van der Waals surface area contributed by atoms with Crippen molar-refractivity contribution < 1.29 is 9.18 Å². The van der Waals surface area contributed by atoms with Gasteiger partial charge in [-0.2, -0.15) is 0 Å². The number of alkyl halides is 1. The molecule has 1 atom stereocenters. The molecule has 1 aliphatic heterocycles. The summed E-state index contributed by atoms with van der Waals surface area (Å²) in [4.78, 5) is 13.9. The first-order chi connectivity index (χ1) is 8.61. The molecule has 0 aromatic heterocycles. The van der Waals surface area contributed by atoms with Crippen LogP contribution in [0.5, 0.6) is 0 Å². The largest absolute Gasteiger partial charge is 0.342 e. The van der Waals surface area contributed by atoms with E-state index in [4.69, 9.17) is 11.6 Å². The fourth-order valence-corrected chi connectivity index (χ4v) is 2.91. The maximum absolute atomic E-state index is 13.6. The minimum Gasteiger partial charge on any atom is -0.342 e. The Balaban J connectivity index is 2.04. The summed E-state index contributed by atoms with van der Waals surface area (Å²) in [6.07, 6.45) is 1.04. The third-order valence-electron chi connectivity index (χ3n) is 3.25. The number of hydrogen-bond donors (Lipinski definition) is 0. The van der Waals surface area contributed by atoms with Crippen molar-refractivity contribution >= 4 is 33.4 Å². The van der Waals surface area contributed by atoms with Crippen molar-refractivity contribution in [2.75, 3.05) is 18.4 Å². The molecule has 98 valence electrons. The van der Waals surface area contributed by atoms with Gasteiger partial charge >= 0.3 is 0 Å². The lowest BCUT2D eigenvalue weighted by molar-refractivity contribution is -0.129.